The van der Waals surface area contributed by atoms with Crippen molar-refractivity contribution < 1.29 is 0 Å². The first-order valence-electron chi connectivity index (χ1n) is 5.92. The van der Waals surface area contributed by atoms with Crippen LogP contribution in [0.15, 0.2) is 12.1 Å². The Kier molecular flexibility index (Phi) is 4.14. The van der Waals surface area contributed by atoms with E-state index in [2.05, 4.69) is 23.4 Å². The van der Waals surface area contributed by atoms with Crippen LogP contribution in [0.3, 0.4) is 0 Å². The maximum atomic E-state index is 6.00. The first-order valence-corrected chi connectivity index (χ1v) is 7.12. The predicted octanol–water partition coefficient (Wildman–Crippen LogP) is 3.16. The topological polar surface area (TPSA) is 55.9 Å². The van der Waals surface area contributed by atoms with Crippen LogP contribution in [0.4, 0.5) is 11.5 Å². The number of nitrogens with one attached hydrogen (secondary N) is 1. The number of hydrogen-bond acceptors (Lipinski definition) is 4. The van der Waals surface area contributed by atoms with Crippen LogP contribution in [-0.4, -0.2) is 16.3 Å². The molecule has 0 saturated carbocycles. The second-order valence-corrected chi connectivity index (χ2v) is 5.85. The Morgan fingerprint density at radius 3 is 2.89 bits per heavy atom. The minimum atomic E-state index is 0.737. The summed E-state index contributed by atoms with van der Waals surface area (Å²) in [7, 11) is 0. The number of halogens is 1. The van der Waals surface area contributed by atoms with Crippen molar-refractivity contribution in [3.05, 3.63) is 27.0 Å². The van der Waals surface area contributed by atoms with E-state index in [1.807, 2.05) is 17.7 Å². The minimum Gasteiger partial charge on any atom is -0.394 e. The molecule has 2 aromatic rings. The molecule has 0 aliphatic carbocycles. The van der Waals surface area contributed by atoms with Crippen molar-refractivity contribution in [2.75, 3.05) is 17.6 Å². The average molecular weight is 285 g/mol. The molecular formula is C12H17ClN4S. The third-order valence-corrected chi connectivity index (χ3v) is 4.06. The van der Waals surface area contributed by atoms with Gasteiger partial charge in [0.2, 0.25) is 0 Å². The summed E-state index contributed by atoms with van der Waals surface area (Å²) in [5.41, 5.74) is 7.61. The molecule has 4 nitrogen and oxygen atoms in total. The van der Waals surface area contributed by atoms with Gasteiger partial charge in [0, 0.05) is 18.0 Å². The SMILES string of the molecule is CCn1nc(C)c(N)c1NCCc1ccc(Cl)s1. The molecule has 3 N–H and O–H groups in total. The van der Waals surface area contributed by atoms with Crippen LogP contribution in [0.25, 0.3) is 0 Å². The van der Waals surface area contributed by atoms with Gasteiger partial charge in [-0.25, -0.2) is 4.68 Å². The lowest BCUT2D eigenvalue weighted by atomic mass is 10.3. The number of aryl methyl sites for hydroxylation is 2. The largest absolute Gasteiger partial charge is 0.394 e. The first-order chi connectivity index (χ1) is 8.61. The summed E-state index contributed by atoms with van der Waals surface area (Å²) in [6, 6.07) is 3.98. The highest BCUT2D eigenvalue weighted by Crippen LogP contribution is 2.24. The number of hydrogen-bond donors (Lipinski definition) is 2. The maximum Gasteiger partial charge on any atom is 0.148 e. The highest BCUT2D eigenvalue weighted by Gasteiger charge is 2.10. The Bertz CT molecular complexity index is 532. The molecule has 2 heterocycles. The van der Waals surface area contributed by atoms with Gasteiger partial charge in [-0.05, 0) is 32.4 Å². The number of rotatable bonds is 5. The van der Waals surface area contributed by atoms with Crippen LogP contribution in [0, 0.1) is 6.92 Å². The third-order valence-electron chi connectivity index (χ3n) is 2.77. The molecule has 2 rings (SSSR count). The smallest absolute Gasteiger partial charge is 0.148 e. The summed E-state index contributed by atoms with van der Waals surface area (Å²) < 4.78 is 2.73. The van der Waals surface area contributed by atoms with E-state index in [9.17, 15) is 0 Å². The van der Waals surface area contributed by atoms with E-state index in [4.69, 9.17) is 17.3 Å². The zero-order valence-corrected chi connectivity index (χ0v) is 12.1. The molecule has 6 heteroatoms. The summed E-state index contributed by atoms with van der Waals surface area (Å²) in [6.45, 7) is 5.61. The van der Waals surface area contributed by atoms with Gasteiger partial charge in [0.1, 0.15) is 5.82 Å². The molecule has 0 amide bonds. The minimum absolute atomic E-state index is 0.737. The van der Waals surface area contributed by atoms with Crippen LogP contribution in [-0.2, 0) is 13.0 Å². The molecule has 0 bridgehead atoms. The predicted molar refractivity (Wildman–Crippen MR) is 78.6 cm³/mol. The summed E-state index contributed by atoms with van der Waals surface area (Å²) in [4.78, 5) is 1.27. The van der Waals surface area contributed by atoms with Gasteiger partial charge in [-0.3, -0.25) is 0 Å². The summed E-state index contributed by atoms with van der Waals surface area (Å²) >= 11 is 7.51. The normalized spacial score (nSPS) is 10.8. The number of nitrogens with zero attached hydrogens (tertiary/aromatic N) is 2. The van der Waals surface area contributed by atoms with Gasteiger partial charge in [-0.2, -0.15) is 5.10 Å². The van der Waals surface area contributed by atoms with Crippen molar-refractivity contribution >= 4 is 34.4 Å². The monoisotopic (exact) mass is 284 g/mol. The molecule has 0 radical (unpaired) electrons. The molecule has 98 valence electrons. The van der Waals surface area contributed by atoms with Gasteiger partial charge >= 0.3 is 0 Å². The molecule has 0 atom stereocenters. The Balaban J connectivity index is 1.98. The second kappa shape index (κ2) is 5.63. The van der Waals surface area contributed by atoms with Crippen molar-refractivity contribution in [1.29, 1.82) is 0 Å². The molecular weight excluding hydrogens is 268 g/mol. The highest BCUT2D eigenvalue weighted by molar-refractivity contribution is 7.16. The molecule has 0 aliphatic heterocycles. The molecule has 0 saturated heterocycles. The zero-order chi connectivity index (χ0) is 13.1. The number of thiophene rings is 1. The lowest BCUT2D eigenvalue weighted by Gasteiger charge is -2.08. The van der Waals surface area contributed by atoms with Crippen LogP contribution in [0.5, 0.6) is 0 Å². The lowest BCUT2D eigenvalue weighted by Crippen LogP contribution is -2.10. The number of nitrogen functional groups attached to an aromatic ring is 1. The van der Waals surface area contributed by atoms with Gasteiger partial charge in [-0.15, -0.1) is 11.3 Å². The molecule has 0 fully saturated rings. The van der Waals surface area contributed by atoms with Crippen molar-refractivity contribution in [2.45, 2.75) is 26.8 Å². The van der Waals surface area contributed by atoms with Crippen molar-refractivity contribution in [3.63, 3.8) is 0 Å². The summed E-state index contributed by atoms with van der Waals surface area (Å²) in [5.74, 6) is 0.914. The van der Waals surface area contributed by atoms with E-state index in [0.29, 0.717) is 0 Å². The van der Waals surface area contributed by atoms with Crippen molar-refractivity contribution in [3.8, 4) is 0 Å². The summed E-state index contributed by atoms with van der Waals surface area (Å²) in [6.07, 6.45) is 0.935. The standard InChI is InChI=1S/C12H17ClN4S/c1-3-17-12(11(14)8(2)16-17)15-7-6-9-4-5-10(13)18-9/h4-5,15H,3,6-7,14H2,1-2H3. The van der Waals surface area contributed by atoms with Crippen LogP contribution >= 0.6 is 22.9 Å². The van der Waals surface area contributed by atoms with Crippen LogP contribution in [0.2, 0.25) is 4.34 Å². The fourth-order valence-corrected chi connectivity index (χ4v) is 2.89. The first kappa shape index (κ1) is 13.2. The zero-order valence-electron chi connectivity index (χ0n) is 10.5. The fraction of sp³-hybridized carbons (Fsp3) is 0.417. The molecule has 0 spiro atoms. The Hall–Kier alpha value is -1.20. The van der Waals surface area contributed by atoms with Gasteiger partial charge in [0.25, 0.3) is 0 Å². The molecule has 0 unspecified atom stereocenters. The van der Waals surface area contributed by atoms with Gasteiger partial charge < -0.3 is 11.1 Å². The van der Waals surface area contributed by atoms with E-state index < -0.39 is 0 Å². The lowest BCUT2D eigenvalue weighted by molar-refractivity contribution is 0.657. The number of aromatic nitrogens is 2. The van der Waals surface area contributed by atoms with E-state index in [-0.39, 0.29) is 0 Å². The van der Waals surface area contributed by atoms with E-state index >= 15 is 0 Å². The second-order valence-electron chi connectivity index (χ2n) is 4.05. The Morgan fingerprint density at radius 2 is 2.28 bits per heavy atom. The van der Waals surface area contributed by atoms with Crippen LogP contribution in [0.1, 0.15) is 17.5 Å². The van der Waals surface area contributed by atoms with E-state index in [0.717, 1.165) is 41.0 Å². The van der Waals surface area contributed by atoms with E-state index in [1.165, 1.54) is 4.88 Å². The van der Waals surface area contributed by atoms with Gasteiger partial charge in [0.15, 0.2) is 0 Å². The third kappa shape index (κ3) is 2.79. The van der Waals surface area contributed by atoms with Crippen LogP contribution < -0.4 is 11.1 Å². The quantitative estimate of drug-likeness (QED) is 0.887. The molecule has 18 heavy (non-hydrogen) atoms. The Morgan fingerprint density at radius 1 is 1.50 bits per heavy atom. The summed E-state index contributed by atoms with van der Waals surface area (Å²) in [5, 5.41) is 7.72. The van der Waals surface area contributed by atoms with E-state index in [1.54, 1.807) is 11.3 Å². The molecule has 0 aromatic carbocycles. The maximum absolute atomic E-state index is 6.00. The molecule has 2 aromatic heterocycles. The van der Waals surface area contributed by atoms with Gasteiger partial charge in [-0.1, -0.05) is 11.6 Å². The van der Waals surface area contributed by atoms with Crippen molar-refractivity contribution in [1.82, 2.24) is 9.78 Å². The number of anilines is 2. The molecule has 0 aliphatic rings. The Labute approximate surface area is 116 Å². The van der Waals surface area contributed by atoms with Crippen molar-refractivity contribution in [2.24, 2.45) is 0 Å². The average Bonchev–Trinajstić information content (AvgIpc) is 2.87. The number of nitrogens with two attached hydrogens (primary N) is 1. The highest BCUT2D eigenvalue weighted by atomic mass is 35.5. The van der Waals surface area contributed by atoms with Gasteiger partial charge in [0.05, 0.1) is 15.7 Å². The fourth-order valence-electron chi connectivity index (χ4n) is 1.80.